The van der Waals surface area contributed by atoms with E-state index in [0.29, 0.717) is 0 Å². The summed E-state index contributed by atoms with van der Waals surface area (Å²) in [7, 11) is 1.59. The van der Waals surface area contributed by atoms with Crippen molar-refractivity contribution in [3.63, 3.8) is 0 Å². The average Bonchev–Trinajstić information content (AvgIpc) is 2.09. The van der Waals surface area contributed by atoms with Gasteiger partial charge in [0.05, 0.1) is 0 Å². The predicted molar refractivity (Wildman–Crippen MR) is 49.3 cm³/mol. The summed E-state index contributed by atoms with van der Waals surface area (Å²) >= 11 is 0. The second-order valence-corrected chi connectivity index (χ2v) is 2.52. The Hall–Kier alpha value is -1.51. The van der Waals surface area contributed by atoms with Gasteiger partial charge in [0.25, 0.3) is 0 Å². The van der Waals surface area contributed by atoms with Crippen LogP contribution in [0.4, 0.5) is 10.5 Å². The van der Waals surface area contributed by atoms with Crippen LogP contribution in [0.2, 0.25) is 0 Å². The molecule has 1 rings (SSSR count). The Kier molecular flexibility index (Phi) is 2.69. The van der Waals surface area contributed by atoms with Crippen molar-refractivity contribution in [3.8, 4) is 0 Å². The molecule has 0 bridgehead atoms. The van der Waals surface area contributed by atoms with Gasteiger partial charge in [0.15, 0.2) is 0 Å². The van der Waals surface area contributed by atoms with E-state index in [2.05, 4.69) is 10.6 Å². The fourth-order valence-electron chi connectivity index (χ4n) is 0.898. The monoisotopic (exact) mass is 164 g/mol. The minimum absolute atomic E-state index is 0.190. The molecule has 0 heterocycles. The zero-order valence-corrected chi connectivity index (χ0v) is 7.22. The first-order chi connectivity index (χ1) is 5.74. The highest BCUT2D eigenvalue weighted by atomic mass is 16.2. The van der Waals surface area contributed by atoms with Gasteiger partial charge in [0.1, 0.15) is 0 Å². The molecule has 3 nitrogen and oxygen atoms in total. The number of hydrogen-bond donors (Lipinski definition) is 2. The van der Waals surface area contributed by atoms with Crippen molar-refractivity contribution in [3.05, 3.63) is 29.8 Å². The Balaban J connectivity index is 2.75. The van der Waals surface area contributed by atoms with Crippen LogP contribution in [-0.2, 0) is 0 Å². The van der Waals surface area contributed by atoms with Crippen molar-refractivity contribution in [2.45, 2.75) is 6.92 Å². The highest BCUT2D eigenvalue weighted by Crippen LogP contribution is 2.12. The van der Waals surface area contributed by atoms with Crippen molar-refractivity contribution < 1.29 is 4.79 Å². The molecule has 2 amide bonds. The maximum absolute atomic E-state index is 10.9. The van der Waals surface area contributed by atoms with Gasteiger partial charge in [-0.25, -0.2) is 4.79 Å². The van der Waals surface area contributed by atoms with Crippen LogP contribution in [0.1, 0.15) is 5.56 Å². The van der Waals surface area contributed by atoms with Gasteiger partial charge in [0, 0.05) is 12.7 Å². The first-order valence-electron chi connectivity index (χ1n) is 3.78. The van der Waals surface area contributed by atoms with Gasteiger partial charge in [-0.1, -0.05) is 18.2 Å². The van der Waals surface area contributed by atoms with Gasteiger partial charge in [-0.15, -0.1) is 0 Å². The number of rotatable bonds is 1. The second-order valence-electron chi connectivity index (χ2n) is 2.52. The number of hydrogen-bond acceptors (Lipinski definition) is 1. The summed E-state index contributed by atoms with van der Waals surface area (Å²) in [4.78, 5) is 10.9. The van der Waals surface area contributed by atoms with Gasteiger partial charge in [-0.05, 0) is 18.6 Å². The summed E-state index contributed by atoms with van der Waals surface area (Å²) in [5.74, 6) is 0. The summed E-state index contributed by atoms with van der Waals surface area (Å²) in [5.41, 5.74) is 1.90. The van der Waals surface area contributed by atoms with Crippen molar-refractivity contribution >= 4 is 11.7 Å². The maximum atomic E-state index is 10.9. The highest BCUT2D eigenvalue weighted by molar-refractivity contribution is 5.89. The molecule has 2 N–H and O–H groups in total. The van der Waals surface area contributed by atoms with Gasteiger partial charge in [0.2, 0.25) is 0 Å². The van der Waals surface area contributed by atoms with E-state index in [0.717, 1.165) is 11.3 Å². The molecule has 0 radical (unpaired) electrons. The van der Waals surface area contributed by atoms with E-state index in [9.17, 15) is 4.79 Å². The molecule has 0 aliphatic heterocycles. The Bertz CT molecular complexity index is 284. The predicted octanol–water partition coefficient (Wildman–Crippen LogP) is 1.75. The lowest BCUT2D eigenvalue weighted by Crippen LogP contribution is -2.24. The number of urea groups is 1. The SMILES string of the molecule is CNC(=O)Nc1ccccc1C. The molecule has 0 saturated carbocycles. The molecule has 0 atom stereocenters. The first kappa shape index (κ1) is 8.59. The van der Waals surface area contributed by atoms with Gasteiger partial charge in [-0.3, -0.25) is 0 Å². The molecule has 1 aromatic rings. The highest BCUT2D eigenvalue weighted by Gasteiger charge is 1.99. The third-order valence-corrected chi connectivity index (χ3v) is 1.62. The van der Waals surface area contributed by atoms with Crippen molar-refractivity contribution in [1.82, 2.24) is 5.32 Å². The number of carbonyl (C=O) groups is 1. The molecule has 0 aromatic heterocycles. The van der Waals surface area contributed by atoms with E-state index in [4.69, 9.17) is 0 Å². The van der Waals surface area contributed by atoms with Crippen LogP contribution in [0.15, 0.2) is 24.3 Å². The van der Waals surface area contributed by atoms with Crippen LogP contribution in [0.5, 0.6) is 0 Å². The van der Waals surface area contributed by atoms with E-state index < -0.39 is 0 Å². The fourth-order valence-corrected chi connectivity index (χ4v) is 0.898. The van der Waals surface area contributed by atoms with Gasteiger partial charge in [-0.2, -0.15) is 0 Å². The second kappa shape index (κ2) is 3.76. The number of para-hydroxylation sites is 1. The van der Waals surface area contributed by atoms with E-state index in [1.54, 1.807) is 7.05 Å². The number of nitrogens with one attached hydrogen (secondary N) is 2. The summed E-state index contributed by atoms with van der Waals surface area (Å²) in [6.07, 6.45) is 0. The normalized spacial score (nSPS) is 9.17. The van der Waals surface area contributed by atoms with E-state index in [1.807, 2.05) is 31.2 Å². The van der Waals surface area contributed by atoms with E-state index >= 15 is 0 Å². The molecule has 0 aliphatic rings. The summed E-state index contributed by atoms with van der Waals surface area (Å²) in [6.45, 7) is 1.95. The average molecular weight is 164 g/mol. The van der Waals surface area contributed by atoms with Crippen LogP contribution in [0, 0.1) is 6.92 Å². The molecule has 0 unspecified atom stereocenters. The Morgan fingerprint density at radius 3 is 2.58 bits per heavy atom. The minimum Gasteiger partial charge on any atom is -0.341 e. The molecule has 0 aliphatic carbocycles. The standard InChI is InChI=1S/C9H12N2O/c1-7-5-3-4-6-8(7)11-9(12)10-2/h3-6H,1-2H3,(H2,10,11,12). The summed E-state index contributed by atoms with van der Waals surface area (Å²) < 4.78 is 0. The maximum Gasteiger partial charge on any atom is 0.318 e. The Morgan fingerprint density at radius 2 is 2.00 bits per heavy atom. The van der Waals surface area contributed by atoms with Crippen LogP contribution < -0.4 is 10.6 Å². The summed E-state index contributed by atoms with van der Waals surface area (Å²) in [6, 6.07) is 7.45. The zero-order valence-electron chi connectivity index (χ0n) is 7.22. The van der Waals surface area contributed by atoms with Gasteiger partial charge >= 0.3 is 6.03 Å². The van der Waals surface area contributed by atoms with Gasteiger partial charge < -0.3 is 10.6 Å². The lowest BCUT2D eigenvalue weighted by atomic mass is 10.2. The molecular formula is C9H12N2O. The number of anilines is 1. The smallest absolute Gasteiger partial charge is 0.318 e. The zero-order chi connectivity index (χ0) is 8.97. The lowest BCUT2D eigenvalue weighted by Gasteiger charge is -2.06. The fraction of sp³-hybridized carbons (Fsp3) is 0.222. The first-order valence-corrected chi connectivity index (χ1v) is 3.78. The van der Waals surface area contributed by atoms with Crippen LogP contribution in [0.25, 0.3) is 0 Å². The molecule has 0 saturated heterocycles. The minimum atomic E-state index is -0.190. The summed E-state index contributed by atoms with van der Waals surface area (Å²) in [5, 5.41) is 5.20. The molecule has 0 fully saturated rings. The number of aryl methyl sites for hydroxylation is 1. The van der Waals surface area contributed by atoms with Crippen molar-refractivity contribution in [2.75, 3.05) is 12.4 Å². The molecule has 3 heteroatoms. The number of amides is 2. The number of benzene rings is 1. The van der Waals surface area contributed by atoms with Crippen LogP contribution >= 0.6 is 0 Å². The van der Waals surface area contributed by atoms with E-state index in [-0.39, 0.29) is 6.03 Å². The van der Waals surface area contributed by atoms with Crippen molar-refractivity contribution in [1.29, 1.82) is 0 Å². The topological polar surface area (TPSA) is 41.1 Å². The third-order valence-electron chi connectivity index (χ3n) is 1.62. The van der Waals surface area contributed by atoms with E-state index in [1.165, 1.54) is 0 Å². The molecule has 0 spiro atoms. The van der Waals surface area contributed by atoms with Crippen LogP contribution in [-0.4, -0.2) is 13.1 Å². The lowest BCUT2D eigenvalue weighted by molar-refractivity contribution is 0.254. The molecular weight excluding hydrogens is 152 g/mol. The quantitative estimate of drug-likeness (QED) is 0.652. The Morgan fingerprint density at radius 1 is 1.33 bits per heavy atom. The molecule has 12 heavy (non-hydrogen) atoms. The number of carbonyl (C=O) groups excluding carboxylic acids is 1. The largest absolute Gasteiger partial charge is 0.341 e. The van der Waals surface area contributed by atoms with Crippen molar-refractivity contribution in [2.24, 2.45) is 0 Å². The molecule has 64 valence electrons. The Labute approximate surface area is 71.8 Å². The third kappa shape index (κ3) is 1.99. The molecule has 1 aromatic carbocycles. The van der Waals surface area contributed by atoms with Crippen LogP contribution in [0.3, 0.4) is 0 Å².